The molecule has 142 valence electrons. The van der Waals surface area contributed by atoms with Gasteiger partial charge in [-0.3, -0.25) is 19.3 Å². The van der Waals surface area contributed by atoms with Gasteiger partial charge in [-0.15, -0.1) is 0 Å². The second kappa shape index (κ2) is 8.65. The van der Waals surface area contributed by atoms with Crippen molar-refractivity contribution < 1.29 is 23.9 Å². The number of carbonyl (C=O) groups excluding carboxylic acids is 3. The van der Waals surface area contributed by atoms with Crippen LogP contribution in [-0.2, 0) is 23.9 Å². The van der Waals surface area contributed by atoms with Crippen molar-refractivity contribution in [2.24, 2.45) is 5.41 Å². The zero-order chi connectivity index (χ0) is 18.4. The van der Waals surface area contributed by atoms with Crippen molar-refractivity contribution in [3.63, 3.8) is 0 Å². The molecule has 2 heterocycles. The molecule has 0 aliphatic carbocycles. The number of carbonyl (C=O) groups is 3. The van der Waals surface area contributed by atoms with Crippen LogP contribution in [-0.4, -0.2) is 73.6 Å². The fourth-order valence-electron chi connectivity index (χ4n) is 3.86. The van der Waals surface area contributed by atoms with Crippen molar-refractivity contribution in [1.29, 1.82) is 0 Å². The average Bonchev–Trinajstić information content (AvgIpc) is 2.86. The van der Waals surface area contributed by atoms with E-state index in [2.05, 4.69) is 4.90 Å². The molecule has 2 fully saturated rings. The van der Waals surface area contributed by atoms with Gasteiger partial charge in [0.05, 0.1) is 25.7 Å². The van der Waals surface area contributed by atoms with Gasteiger partial charge in [0, 0.05) is 13.6 Å². The molecule has 2 saturated heterocycles. The summed E-state index contributed by atoms with van der Waals surface area (Å²) in [6.07, 6.45) is 4.14. The number of hydrogen-bond donors (Lipinski definition) is 0. The van der Waals surface area contributed by atoms with Gasteiger partial charge in [0.2, 0.25) is 5.91 Å². The van der Waals surface area contributed by atoms with Gasteiger partial charge in [0.15, 0.2) is 5.41 Å². The van der Waals surface area contributed by atoms with Crippen LogP contribution >= 0.6 is 0 Å². The van der Waals surface area contributed by atoms with Crippen LogP contribution < -0.4 is 0 Å². The van der Waals surface area contributed by atoms with E-state index in [4.69, 9.17) is 9.47 Å². The third-order valence-electron chi connectivity index (χ3n) is 5.23. The molecule has 0 radical (unpaired) electrons. The molecule has 2 aliphatic heterocycles. The standard InChI is InChI=1S/C18H30N2O5/c1-4-24-16(22)18(17(23)25-5-2)12-15(21)19(3)13-14(18)20-10-8-6-7-9-11-20/h14H,4-13H2,1-3H3. The third kappa shape index (κ3) is 3.97. The Morgan fingerprint density at radius 2 is 1.56 bits per heavy atom. The van der Waals surface area contributed by atoms with Crippen LogP contribution in [0, 0.1) is 5.41 Å². The van der Waals surface area contributed by atoms with E-state index in [1.807, 2.05) is 0 Å². The number of likely N-dealkylation sites (N-methyl/N-ethyl adjacent to an activating group) is 1. The quantitative estimate of drug-likeness (QED) is 0.546. The molecule has 0 aromatic carbocycles. The first kappa shape index (κ1) is 19.7. The van der Waals surface area contributed by atoms with E-state index in [1.165, 1.54) is 0 Å². The maximum atomic E-state index is 12.9. The molecule has 0 aromatic heterocycles. The summed E-state index contributed by atoms with van der Waals surface area (Å²) in [4.78, 5) is 42.0. The first-order valence-electron chi connectivity index (χ1n) is 9.29. The van der Waals surface area contributed by atoms with E-state index < -0.39 is 23.4 Å². The molecule has 0 N–H and O–H groups in total. The normalized spacial score (nSPS) is 24.5. The van der Waals surface area contributed by atoms with Crippen LogP contribution in [0.4, 0.5) is 0 Å². The van der Waals surface area contributed by atoms with Crippen molar-refractivity contribution in [3.05, 3.63) is 0 Å². The highest BCUT2D eigenvalue weighted by Crippen LogP contribution is 2.39. The van der Waals surface area contributed by atoms with Gasteiger partial charge in [-0.2, -0.15) is 0 Å². The molecular weight excluding hydrogens is 324 g/mol. The summed E-state index contributed by atoms with van der Waals surface area (Å²) in [6, 6.07) is -0.411. The van der Waals surface area contributed by atoms with E-state index in [0.717, 1.165) is 38.8 Å². The summed E-state index contributed by atoms with van der Waals surface area (Å²) in [7, 11) is 1.72. The minimum atomic E-state index is -1.57. The Hall–Kier alpha value is -1.63. The number of likely N-dealkylation sites (tertiary alicyclic amines) is 2. The summed E-state index contributed by atoms with van der Waals surface area (Å²) in [5, 5.41) is 0. The van der Waals surface area contributed by atoms with Crippen LogP contribution in [0.1, 0.15) is 46.0 Å². The van der Waals surface area contributed by atoms with E-state index >= 15 is 0 Å². The molecule has 0 spiro atoms. The molecule has 2 rings (SSSR count). The van der Waals surface area contributed by atoms with Gasteiger partial charge in [-0.25, -0.2) is 0 Å². The molecule has 0 bridgehead atoms. The molecule has 25 heavy (non-hydrogen) atoms. The molecule has 7 heteroatoms. The summed E-state index contributed by atoms with van der Waals surface area (Å²) in [5.41, 5.74) is -1.57. The Bertz CT molecular complexity index is 482. The van der Waals surface area contributed by atoms with Gasteiger partial charge in [-0.05, 0) is 39.8 Å². The van der Waals surface area contributed by atoms with Crippen LogP contribution in [0.5, 0.6) is 0 Å². The Morgan fingerprint density at radius 3 is 2.04 bits per heavy atom. The number of nitrogens with zero attached hydrogens (tertiary/aromatic N) is 2. The number of rotatable bonds is 5. The van der Waals surface area contributed by atoms with Gasteiger partial charge >= 0.3 is 11.9 Å². The number of ether oxygens (including phenoxy) is 2. The van der Waals surface area contributed by atoms with Gasteiger partial charge in [-0.1, -0.05) is 12.8 Å². The van der Waals surface area contributed by atoms with Gasteiger partial charge in [0.1, 0.15) is 0 Å². The van der Waals surface area contributed by atoms with Crippen molar-refractivity contribution >= 4 is 17.8 Å². The molecule has 2 aliphatic rings. The lowest BCUT2D eigenvalue weighted by molar-refractivity contribution is -0.186. The maximum Gasteiger partial charge on any atom is 0.325 e. The Labute approximate surface area is 149 Å². The van der Waals surface area contributed by atoms with Crippen molar-refractivity contribution in [2.45, 2.75) is 52.0 Å². The van der Waals surface area contributed by atoms with E-state index in [-0.39, 0.29) is 25.5 Å². The average molecular weight is 354 g/mol. The van der Waals surface area contributed by atoms with E-state index in [9.17, 15) is 14.4 Å². The first-order chi connectivity index (χ1) is 12.0. The lowest BCUT2D eigenvalue weighted by Gasteiger charge is -2.47. The van der Waals surface area contributed by atoms with Crippen molar-refractivity contribution in [1.82, 2.24) is 9.80 Å². The molecule has 1 unspecified atom stereocenters. The molecule has 0 saturated carbocycles. The number of esters is 2. The fourth-order valence-corrected chi connectivity index (χ4v) is 3.86. The highest BCUT2D eigenvalue weighted by Gasteiger charge is 2.60. The zero-order valence-electron chi connectivity index (χ0n) is 15.6. The monoisotopic (exact) mass is 354 g/mol. The first-order valence-corrected chi connectivity index (χ1v) is 9.29. The Kier molecular flexibility index (Phi) is 6.81. The Balaban J connectivity index is 2.45. The predicted octanol–water partition coefficient (Wildman–Crippen LogP) is 1.21. The molecule has 7 nitrogen and oxygen atoms in total. The SMILES string of the molecule is CCOC(=O)C1(C(=O)OCC)CC(=O)N(C)CC1N1CCCCCC1. The zero-order valence-corrected chi connectivity index (χ0v) is 15.6. The van der Waals surface area contributed by atoms with Crippen LogP contribution in [0.3, 0.4) is 0 Å². The second-order valence-corrected chi connectivity index (χ2v) is 6.83. The summed E-state index contributed by atoms with van der Waals surface area (Å²) in [6.45, 7) is 5.69. The smallest absolute Gasteiger partial charge is 0.325 e. The lowest BCUT2D eigenvalue weighted by Crippen LogP contribution is -2.66. The summed E-state index contributed by atoms with van der Waals surface area (Å²) >= 11 is 0. The van der Waals surface area contributed by atoms with Gasteiger partial charge < -0.3 is 14.4 Å². The number of amides is 1. The fraction of sp³-hybridized carbons (Fsp3) is 0.833. The third-order valence-corrected chi connectivity index (χ3v) is 5.23. The highest BCUT2D eigenvalue weighted by atomic mass is 16.6. The number of piperidine rings is 1. The molecular formula is C18H30N2O5. The number of hydrogen-bond acceptors (Lipinski definition) is 6. The summed E-state index contributed by atoms with van der Waals surface area (Å²) < 4.78 is 10.5. The second-order valence-electron chi connectivity index (χ2n) is 6.83. The van der Waals surface area contributed by atoms with Crippen molar-refractivity contribution in [3.8, 4) is 0 Å². The van der Waals surface area contributed by atoms with E-state index in [1.54, 1.807) is 25.8 Å². The molecule has 0 aromatic rings. The lowest BCUT2D eigenvalue weighted by atomic mass is 9.73. The largest absolute Gasteiger partial charge is 0.465 e. The van der Waals surface area contributed by atoms with Crippen LogP contribution in [0.25, 0.3) is 0 Å². The Morgan fingerprint density at radius 1 is 1.04 bits per heavy atom. The minimum Gasteiger partial charge on any atom is -0.465 e. The predicted molar refractivity (Wildman–Crippen MR) is 91.8 cm³/mol. The minimum absolute atomic E-state index is 0.163. The highest BCUT2D eigenvalue weighted by molar-refractivity contribution is 6.05. The molecule has 1 amide bonds. The van der Waals surface area contributed by atoms with Crippen LogP contribution in [0.15, 0.2) is 0 Å². The van der Waals surface area contributed by atoms with Crippen LogP contribution in [0.2, 0.25) is 0 Å². The maximum absolute atomic E-state index is 12.9. The topological polar surface area (TPSA) is 76.2 Å². The van der Waals surface area contributed by atoms with E-state index in [0.29, 0.717) is 6.54 Å². The van der Waals surface area contributed by atoms with Crippen molar-refractivity contribution in [2.75, 3.05) is 39.9 Å². The molecule has 1 atom stereocenters. The van der Waals surface area contributed by atoms with Gasteiger partial charge in [0.25, 0.3) is 0 Å². The summed E-state index contributed by atoms with van der Waals surface area (Å²) in [5.74, 6) is -1.50.